The van der Waals surface area contributed by atoms with Crippen molar-refractivity contribution in [2.24, 2.45) is 5.73 Å². The summed E-state index contributed by atoms with van der Waals surface area (Å²) in [5.74, 6) is 0.756. The minimum Gasteiger partial charge on any atom is -0.495 e. The van der Waals surface area contributed by atoms with Gasteiger partial charge >= 0.3 is 0 Å². The van der Waals surface area contributed by atoms with Crippen molar-refractivity contribution in [3.63, 3.8) is 0 Å². The molecule has 1 heterocycles. The van der Waals surface area contributed by atoms with E-state index in [0.717, 1.165) is 23.6 Å². The molecule has 0 aliphatic heterocycles. The summed E-state index contributed by atoms with van der Waals surface area (Å²) in [5, 5.41) is 0.662. The van der Waals surface area contributed by atoms with E-state index in [9.17, 15) is 0 Å². The maximum atomic E-state index is 5.98. The fraction of sp³-hybridized carbons (Fsp3) is 0.250. The molecular formula is C12H14ClN3O. The number of nitrogens with zero attached hydrogens (tertiary/aromatic N) is 2. The molecule has 0 unspecified atom stereocenters. The number of ether oxygens (including phenoxy) is 1. The van der Waals surface area contributed by atoms with Crippen LogP contribution in [-0.4, -0.2) is 23.2 Å². The van der Waals surface area contributed by atoms with Crippen molar-refractivity contribution in [1.29, 1.82) is 0 Å². The third kappa shape index (κ3) is 2.60. The Labute approximate surface area is 105 Å². The largest absolute Gasteiger partial charge is 0.495 e. The lowest BCUT2D eigenvalue weighted by Gasteiger charge is -2.09. The lowest BCUT2D eigenvalue weighted by atomic mass is 10.3. The van der Waals surface area contributed by atoms with Crippen LogP contribution in [0.1, 0.15) is 5.69 Å². The highest BCUT2D eigenvalue weighted by Gasteiger charge is 2.07. The molecule has 0 aliphatic carbocycles. The van der Waals surface area contributed by atoms with Crippen LogP contribution in [0.15, 0.2) is 30.7 Å². The quantitative estimate of drug-likeness (QED) is 0.905. The average molecular weight is 252 g/mol. The van der Waals surface area contributed by atoms with E-state index in [1.54, 1.807) is 19.5 Å². The van der Waals surface area contributed by atoms with E-state index in [1.807, 2.05) is 22.9 Å². The highest BCUT2D eigenvalue weighted by molar-refractivity contribution is 6.30. The fourth-order valence-electron chi connectivity index (χ4n) is 1.64. The Kier molecular flexibility index (Phi) is 3.66. The van der Waals surface area contributed by atoms with E-state index in [1.165, 1.54) is 0 Å². The molecule has 0 bridgehead atoms. The number of hydrogen-bond acceptors (Lipinski definition) is 3. The van der Waals surface area contributed by atoms with Gasteiger partial charge in [0, 0.05) is 17.6 Å². The van der Waals surface area contributed by atoms with Gasteiger partial charge in [-0.15, -0.1) is 0 Å². The van der Waals surface area contributed by atoms with E-state index in [0.29, 0.717) is 11.6 Å². The second-order valence-electron chi connectivity index (χ2n) is 3.63. The van der Waals surface area contributed by atoms with Gasteiger partial charge in [0.25, 0.3) is 0 Å². The first-order valence-electron chi connectivity index (χ1n) is 5.31. The van der Waals surface area contributed by atoms with Gasteiger partial charge in [0.1, 0.15) is 5.75 Å². The third-order valence-electron chi connectivity index (χ3n) is 2.46. The molecule has 0 saturated heterocycles. The smallest absolute Gasteiger partial charge is 0.142 e. The van der Waals surface area contributed by atoms with Crippen LogP contribution in [0.5, 0.6) is 5.75 Å². The number of aromatic nitrogens is 2. The Morgan fingerprint density at radius 1 is 1.47 bits per heavy atom. The van der Waals surface area contributed by atoms with Crippen molar-refractivity contribution >= 4 is 11.6 Å². The van der Waals surface area contributed by atoms with Gasteiger partial charge in [-0.25, -0.2) is 4.98 Å². The molecule has 0 spiro atoms. The number of benzene rings is 1. The third-order valence-corrected chi connectivity index (χ3v) is 2.69. The molecule has 1 aromatic carbocycles. The topological polar surface area (TPSA) is 53.1 Å². The second kappa shape index (κ2) is 5.21. The van der Waals surface area contributed by atoms with Crippen LogP contribution < -0.4 is 10.5 Å². The molecule has 2 N–H and O–H groups in total. The zero-order valence-corrected chi connectivity index (χ0v) is 10.3. The van der Waals surface area contributed by atoms with E-state index in [2.05, 4.69) is 4.98 Å². The standard InChI is InChI=1S/C12H14ClN3O/c1-17-12-3-2-9(13)6-11(12)16-7-10(4-5-14)15-8-16/h2-3,6-8H,4-5,14H2,1H3. The molecule has 0 amide bonds. The van der Waals surface area contributed by atoms with E-state index in [4.69, 9.17) is 22.1 Å². The van der Waals surface area contributed by atoms with Crippen LogP contribution in [0.25, 0.3) is 5.69 Å². The highest BCUT2D eigenvalue weighted by atomic mass is 35.5. The zero-order chi connectivity index (χ0) is 12.3. The summed E-state index contributed by atoms with van der Waals surface area (Å²) in [4.78, 5) is 4.27. The van der Waals surface area contributed by atoms with E-state index >= 15 is 0 Å². The first-order valence-corrected chi connectivity index (χ1v) is 5.69. The lowest BCUT2D eigenvalue weighted by molar-refractivity contribution is 0.413. The Hall–Kier alpha value is -1.52. The molecule has 0 aliphatic rings. The molecule has 0 atom stereocenters. The van der Waals surface area contributed by atoms with Gasteiger partial charge in [-0.3, -0.25) is 0 Å². The predicted octanol–water partition coefficient (Wildman–Crippen LogP) is 2.04. The van der Waals surface area contributed by atoms with Crippen LogP contribution in [0, 0.1) is 0 Å². The molecule has 0 fully saturated rings. The second-order valence-corrected chi connectivity index (χ2v) is 4.06. The molecule has 17 heavy (non-hydrogen) atoms. The van der Waals surface area contributed by atoms with Crippen molar-refractivity contribution in [3.8, 4) is 11.4 Å². The average Bonchev–Trinajstić information content (AvgIpc) is 2.78. The molecule has 1 aromatic heterocycles. The van der Waals surface area contributed by atoms with Crippen LogP contribution in [0.4, 0.5) is 0 Å². The van der Waals surface area contributed by atoms with Gasteiger partial charge in [-0.2, -0.15) is 0 Å². The van der Waals surface area contributed by atoms with Gasteiger partial charge in [0.2, 0.25) is 0 Å². The minimum absolute atomic E-state index is 0.587. The Bertz CT molecular complexity index is 510. The van der Waals surface area contributed by atoms with Gasteiger partial charge in [0.15, 0.2) is 0 Å². The summed E-state index contributed by atoms with van der Waals surface area (Å²) in [5.41, 5.74) is 7.32. The Balaban J connectivity index is 2.40. The Morgan fingerprint density at radius 3 is 3.00 bits per heavy atom. The molecule has 2 aromatic rings. The van der Waals surface area contributed by atoms with Crippen LogP contribution in [-0.2, 0) is 6.42 Å². The molecule has 0 radical (unpaired) electrons. The van der Waals surface area contributed by atoms with Gasteiger partial charge in [-0.05, 0) is 24.7 Å². The molecule has 2 rings (SSSR count). The first-order chi connectivity index (χ1) is 8.24. The number of nitrogens with two attached hydrogens (primary N) is 1. The normalized spacial score (nSPS) is 10.5. The lowest BCUT2D eigenvalue weighted by Crippen LogP contribution is -2.02. The first kappa shape index (κ1) is 12.0. The van der Waals surface area contributed by atoms with Crippen LogP contribution in [0.2, 0.25) is 5.02 Å². The number of imidazole rings is 1. The number of hydrogen-bond donors (Lipinski definition) is 1. The van der Waals surface area contributed by atoms with Crippen molar-refractivity contribution < 1.29 is 4.74 Å². The summed E-state index contributed by atoms with van der Waals surface area (Å²) in [7, 11) is 1.63. The van der Waals surface area contributed by atoms with Crippen molar-refractivity contribution in [2.75, 3.05) is 13.7 Å². The molecule has 90 valence electrons. The fourth-order valence-corrected chi connectivity index (χ4v) is 1.80. The molecule has 0 saturated carbocycles. The van der Waals surface area contributed by atoms with Gasteiger partial charge < -0.3 is 15.0 Å². The zero-order valence-electron chi connectivity index (χ0n) is 9.56. The Morgan fingerprint density at radius 2 is 2.29 bits per heavy atom. The maximum absolute atomic E-state index is 5.98. The van der Waals surface area contributed by atoms with Crippen molar-refractivity contribution in [2.45, 2.75) is 6.42 Å². The summed E-state index contributed by atoms with van der Waals surface area (Å²) >= 11 is 5.98. The van der Waals surface area contributed by atoms with Gasteiger partial charge in [-0.1, -0.05) is 11.6 Å². The van der Waals surface area contributed by atoms with Crippen molar-refractivity contribution in [1.82, 2.24) is 9.55 Å². The molecule has 4 nitrogen and oxygen atoms in total. The summed E-state index contributed by atoms with van der Waals surface area (Å²) in [6.07, 6.45) is 4.43. The van der Waals surface area contributed by atoms with E-state index in [-0.39, 0.29) is 0 Å². The molecular weight excluding hydrogens is 238 g/mol. The van der Waals surface area contributed by atoms with Crippen LogP contribution in [0.3, 0.4) is 0 Å². The van der Waals surface area contributed by atoms with Gasteiger partial charge in [0.05, 0.1) is 24.8 Å². The van der Waals surface area contributed by atoms with E-state index < -0.39 is 0 Å². The van der Waals surface area contributed by atoms with Crippen LogP contribution >= 0.6 is 11.6 Å². The van der Waals surface area contributed by atoms with Crippen molar-refractivity contribution in [3.05, 3.63) is 41.4 Å². The highest BCUT2D eigenvalue weighted by Crippen LogP contribution is 2.26. The predicted molar refractivity (Wildman–Crippen MR) is 67.9 cm³/mol. The number of halogens is 1. The summed E-state index contributed by atoms with van der Waals surface area (Å²) < 4.78 is 7.18. The SMILES string of the molecule is COc1ccc(Cl)cc1-n1cnc(CCN)c1. The monoisotopic (exact) mass is 251 g/mol. The number of methoxy groups -OCH3 is 1. The maximum Gasteiger partial charge on any atom is 0.142 e. The summed E-state index contributed by atoms with van der Waals surface area (Å²) in [6, 6.07) is 5.47. The summed E-state index contributed by atoms with van der Waals surface area (Å²) in [6.45, 7) is 0.587. The minimum atomic E-state index is 0.587. The number of rotatable bonds is 4. The molecule has 5 heteroatoms.